The Hall–Kier alpha value is -1.89. The molecule has 1 aromatic rings. The number of nitrogens with two attached hydrogens (primary N) is 1. The van der Waals surface area contributed by atoms with Gasteiger partial charge >= 0.3 is 11.9 Å². The molecule has 33 heavy (non-hydrogen) atoms. The van der Waals surface area contributed by atoms with Crippen molar-refractivity contribution in [1.82, 2.24) is 16.0 Å². The predicted molar refractivity (Wildman–Crippen MR) is 120 cm³/mol. The summed E-state index contributed by atoms with van der Waals surface area (Å²) in [5.41, 5.74) is 7.67. The minimum absolute atomic E-state index is 0. The van der Waals surface area contributed by atoms with E-state index in [1.165, 1.54) is 0 Å². The molecule has 11 nitrogen and oxygen atoms in total. The molecule has 3 rings (SSSR count). The van der Waals surface area contributed by atoms with Crippen molar-refractivity contribution in [1.29, 1.82) is 0 Å². The first-order chi connectivity index (χ1) is 14.7. The zero-order valence-corrected chi connectivity index (χ0v) is 22.5. The number of aliphatic imine (C=N–C) groups is 1. The van der Waals surface area contributed by atoms with Crippen LogP contribution in [-0.2, 0) is 20.8 Å². The van der Waals surface area contributed by atoms with E-state index in [1.54, 1.807) is 30.5 Å². The van der Waals surface area contributed by atoms with Crippen LogP contribution < -0.4 is 21.7 Å². The molecular weight excluding hydrogens is 452 g/mol. The summed E-state index contributed by atoms with van der Waals surface area (Å²) in [4.78, 5) is 50.5. The van der Waals surface area contributed by atoms with Gasteiger partial charge in [0.1, 0.15) is 18.1 Å². The van der Waals surface area contributed by atoms with Crippen LogP contribution in [0.5, 0.6) is 0 Å². The van der Waals surface area contributed by atoms with Gasteiger partial charge in [0, 0.05) is 71.1 Å². The second-order valence-electron chi connectivity index (χ2n) is 7.31. The molecule has 13 heteroatoms. The van der Waals surface area contributed by atoms with Crippen LogP contribution in [0.15, 0.2) is 41.0 Å². The number of hydrogen-bond donors (Lipinski definition) is 6. The fraction of sp³-hybridized carbons (Fsp3) is 0.350. The standard InChI is InChI=1S/C20H23N5O6.2Na/c21-20-24-16-15(18(29)25-20)12(9-22-16)6-3-10-1-4-11(5-2-10)17(28)23-13(19(30)31)7-8-14(26)27;;/h1-2,4-5,9,13,15-16,22H,3,6-8H2,(H,23,28)(H,26,27)(H,30,31)(H3,21,24,25,29);;/t13-,15?,16?;;/m0../s1. The van der Waals surface area contributed by atoms with Crippen molar-refractivity contribution in [2.24, 2.45) is 16.6 Å². The van der Waals surface area contributed by atoms with E-state index in [4.69, 9.17) is 15.9 Å². The summed E-state index contributed by atoms with van der Waals surface area (Å²) >= 11 is 0. The minimum atomic E-state index is -1.29. The normalized spacial score (nSPS) is 19.2. The molecular formula is C20H23N5Na2O6. The first kappa shape index (κ1) is 29.1. The fourth-order valence-corrected chi connectivity index (χ4v) is 3.50. The number of carbonyl (C=O) groups is 4. The first-order valence-corrected chi connectivity index (χ1v) is 9.68. The van der Waals surface area contributed by atoms with Crippen molar-refractivity contribution in [3.63, 3.8) is 0 Å². The molecule has 0 aromatic heterocycles. The van der Waals surface area contributed by atoms with Crippen LogP contribution in [0.1, 0.15) is 35.2 Å². The SMILES string of the molecule is NC1=NC2NC=C(CCc3ccc(C(=O)N[C@@H](CCC(=O)O)C(=O)O)cc3)C2C(=O)N1.[Na].[Na]. The first-order valence-electron chi connectivity index (χ1n) is 9.68. The van der Waals surface area contributed by atoms with Gasteiger partial charge in [-0.3, -0.25) is 19.7 Å². The Morgan fingerprint density at radius 3 is 2.39 bits per heavy atom. The van der Waals surface area contributed by atoms with Gasteiger partial charge in [0.15, 0.2) is 5.96 Å². The molecule has 2 radical (unpaired) electrons. The average Bonchev–Trinajstić information content (AvgIpc) is 3.12. The van der Waals surface area contributed by atoms with Gasteiger partial charge in [0.25, 0.3) is 5.91 Å². The third-order valence-electron chi connectivity index (χ3n) is 5.14. The van der Waals surface area contributed by atoms with Gasteiger partial charge in [-0.25, -0.2) is 9.79 Å². The molecule has 3 atom stereocenters. The maximum absolute atomic E-state index is 12.3. The summed E-state index contributed by atoms with van der Waals surface area (Å²) < 4.78 is 0. The number of nitrogens with zero attached hydrogens (tertiary/aromatic N) is 1. The Morgan fingerprint density at radius 2 is 1.79 bits per heavy atom. The third kappa shape index (κ3) is 7.83. The number of guanidine groups is 1. The number of aryl methyl sites for hydroxylation is 1. The molecule has 2 aliphatic heterocycles. The van der Waals surface area contributed by atoms with Gasteiger partial charge in [-0.05, 0) is 48.7 Å². The summed E-state index contributed by atoms with van der Waals surface area (Å²) in [5, 5.41) is 25.8. The molecule has 0 spiro atoms. The molecule has 1 aromatic carbocycles. The molecule has 2 aliphatic rings. The van der Waals surface area contributed by atoms with Crippen LogP contribution in [-0.4, -0.2) is 111 Å². The van der Waals surface area contributed by atoms with Crippen molar-refractivity contribution >= 4 is 88.8 Å². The number of carbonyl (C=O) groups excluding carboxylic acids is 2. The summed E-state index contributed by atoms with van der Waals surface area (Å²) in [6.07, 6.45) is 2.06. The molecule has 7 N–H and O–H groups in total. The van der Waals surface area contributed by atoms with E-state index >= 15 is 0 Å². The Balaban J connectivity index is 0.00000272. The Labute approximate surface area is 234 Å². The van der Waals surface area contributed by atoms with Gasteiger partial charge in [0.05, 0.1) is 0 Å². The monoisotopic (exact) mass is 475 g/mol. The second-order valence-corrected chi connectivity index (χ2v) is 7.31. The number of carboxylic acid groups (broad SMARTS) is 2. The van der Waals surface area contributed by atoms with Crippen LogP contribution in [0.3, 0.4) is 0 Å². The van der Waals surface area contributed by atoms with E-state index in [0.717, 1.165) is 11.1 Å². The van der Waals surface area contributed by atoms with E-state index in [2.05, 4.69) is 20.9 Å². The van der Waals surface area contributed by atoms with Crippen LogP contribution in [0, 0.1) is 5.92 Å². The number of nitrogens with one attached hydrogen (secondary N) is 3. The largest absolute Gasteiger partial charge is 0.481 e. The van der Waals surface area contributed by atoms with E-state index in [9.17, 15) is 19.2 Å². The molecule has 0 bridgehead atoms. The molecule has 0 fully saturated rings. The number of benzene rings is 1. The van der Waals surface area contributed by atoms with E-state index in [1.807, 2.05) is 0 Å². The maximum atomic E-state index is 12.3. The fourth-order valence-electron chi connectivity index (χ4n) is 3.50. The van der Waals surface area contributed by atoms with Crippen LogP contribution in [0.2, 0.25) is 0 Å². The Kier molecular flexibility index (Phi) is 11.6. The van der Waals surface area contributed by atoms with Crippen molar-refractivity contribution in [2.75, 3.05) is 0 Å². The molecule has 2 amide bonds. The molecule has 0 saturated heterocycles. The number of hydrogen-bond acceptors (Lipinski definition) is 7. The minimum Gasteiger partial charge on any atom is -0.481 e. The molecule has 166 valence electrons. The van der Waals surface area contributed by atoms with Crippen LogP contribution in [0.25, 0.3) is 0 Å². The van der Waals surface area contributed by atoms with Gasteiger partial charge in [0.2, 0.25) is 5.91 Å². The molecule has 2 heterocycles. The van der Waals surface area contributed by atoms with Crippen molar-refractivity contribution in [3.05, 3.63) is 47.2 Å². The van der Waals surface area contributed by atoms with Gasteiger partial charge in [-0.2, -0.15) is 0 Å². The quantitative estimate of drug-likeness (QED) is 0.240. The van der Waals surface area contributed by atoms with Crippen molar-refractivity contribution < 1.29 is 29.4 Å². The second kappa shape index (κ2) is 13.1. The van der Waals surface area contributed by atoms with E-state index in [-0.39, 0.29) is 89.4 Å². The molecule has 0 saturated carbocycles. The van der Waals surface area contributed by atoms with Crippen LogP contribution in [0.4, 0.5) is 0 Å². The predicted octanol–water partition coefficient (Wildman–Crippen LogP) is -1.22. The number of fused-ring (bicyclic) bond motifs is 1. The molecule has 2 unspecified atom stereocenters. The van der Waals surface area contributed by atoms with Gasteiger partial charge in [-0.15, -0.1) is 0 Å². The zero-order chi connectivity index (χ0) is 22.5. The smallest absolute Gasteiger partial charge is 0.326 e. The summed E-state index contributed by atoms with van der Waals surface area (Å²) in [5.74, 6) is -3.53. The summed E-state index contributed by atoms with van der Waals surface area (Å²) in [7, 11) is 0. The number of aliphatic carboxylic acids is 2. The average molecular weight is 475 g/mol. The van der Waals surface area contributed by atoms with Crippen LogP contribution >= 0.6 is 0 Å². The maximum Gasteiger partial charge on any atom is 0.326 e. The summed E-state index contributed by atoms with van der Waals surface area (Å²) in [6, 6.07) is 5.36. The van der Waals surface area contributed by atoms with Crippen molar-refractivity contribution in [3.8, 4) is 0 Å². The number of rotatable bonds is 9. The van der Waals surface area contributed by atoms with E-state index in [0.29, 0.717) is 12.8 Å². The number of amides is 2. The van der Waals surface area contributed by atoms with E-state index < -0.39 is 36.0 Å². The number of carboxylic acids is 2. The molecule has 0 aliphatic carbocycles. The van der Waals surface area contributed by atoms with Gasteiger partial charge < -0.3 is 26.6 Å². The summed E-state index contributed by atoms with van der Waals surface area (Å²) in [6.45, 7) is 0. The Morgan fingerprint density at radius 1 is 1.12 bits per heavy atom. The zero-order valence-electron chi connectivity index (χ0n) is 18.5. The topological polar surface area (TPSA) is 183 Å². The van der Waals surface area contributed by atoms with Crippen molar-refractivity contribution in [2.45, 2.75) is 37.9 Å². The third-order valence-corrected chi connectivity index (χ3v) is 5.14. The Bertz CT molecular complexity index is 966. The van der Waals surface area contributed by atoms with Gasteiger partial charge in [-0.1, -0.05) is 12.1 Å².